The third-order valence-electron chi connectivity index (χ3n) is 1.62. The van der Waals surface area contributed by atoms with E-state index in [2.05, 4.69) is 21.1 Å². The van der Waals surface area contributed by atoms with Gasteiger partial charge in [-0.05, 0) is 0 Å². The third-order valence-corrected chi connectivity index (χ3v) is 1.62. The normalized spacial score (nSPS) is 38.2. The van der Waals surface area contributed by atoms with Crippen molar-refractivity contribution in [3.8, 4) is 0 Å². The van der Waals surface area contributed by atoms with Gasteiger partial charge in [0, 0.05) is 6.54 Å². The van der Waals surface area contributed by atoms with Crippen LogP contribution in [0, 0.1) is 0 Å². The minimum absolute atomic E-state index is 0.537. The van der Waals surface area contributed by atoms with Crippen molar-refractivity contribution in [3.63, 3.8) is 0 Å². The van der Waals surface area contributed by atoms with Crippen molar-refractivity contribution >= 4 is 0 Å². The van der Waals surface area contributed by atoms with Gasteiger partial charge in [0.05, 0.1) is 19.5 Å². The molecule has 4 heteroatoms. The highest BCUT2D eigenvalue weighted by Gasteiger charge is 2.27. The average Bonchev–Trinajstić information content (AvgIpc) is 2.15. The highest BCUT2D eigenvalue weighted by molar-refractivity contribution is 4.78. The Morgan fingerprint density at radius 2 is 2.50 bits per heavy atom. The zero-order valence-corrected chi connectivity index (χ0v) is 4.65. The number of nitrogens with zero attached hydrogens (tertiary/aromatic N) is 1. The standard InChI is InChI=1S/C4H10N4/c1-4-6-2-7-8(4)3-5-1/h4-7H,1-3H2. The van der Waals surface area contributed by atoms with Crippen LogP contribution in [0.1, 0.15) is 0 Å². The first-order chi connectivity index (χ1) is 3.97. The number of rotatable bonds is 0. The van der Waals surface area contributed by atoms with Crippen LogP contribution in [0.2, 0.25) is 0 Å². The van der Waals surface area contributed by atoms with E-state index >= 15 is 0 Å². The molecule has 3 N–H and O–H groups in total. The first kappa shape index (κ1) is 4.69. The Labute approximate surface area is 48.2 Å². The van der Waals surface area contributed by atoms with Crippen molar-refractivity contribution in [2.75, 3.05) is 19.9 Å². The maximum Gasteiger partial charge on any atom is 0.0884 e. The van der Waals surface area contributed by atoms with Gasteiger partial charge in [-0.3, -0.25) is 5.32 Å². The van der Waals surface area contributed by atoms with E-state index in [1.807, 2.05) is 0 Å². The Morgan fingerprint density at radius 1 is 1.50 bits per heavy atom. The smallest absolute Gasteiger partial charge is 0.0884 e. The molecular weight excluding hydrogens is 104 g/mol. The lowest BCUT2D eigenvalue weighted by atomic mass is 10.5. The van der Waals surface area contributed by atoms with E-state index in [9.17, 15) is 0 Å². The zero-order chi connectivity index (χ0) is 5.40. The molecule has 8 heavy (non-hydrogen) atoms. The number of hydrazine groups is 1. The highest BCUT2D eigenvalue weighted by Crippen LogP contribution is 1.99. The lowest BCUT2D eigenvalue weighted by Gasteiger charge is -2.09. The molecule has 2 fully saturated rings. The summed E-state index contributed by atoms with van der Waals surface area (Å²) >= 11 is 0. The molecule has 0 aliphatic carbocycles. The van der Waals surface area contributed by atoms with Gasteiger partial charge in [0.25, 0.3) is 0 Å². The predicted octanol–water partition coefficient (Wildman–Crippen LogP) is -1.76. The van der Waals surface area contributed by atoms with E-state index in [0.29, 0.717) is 6.17 Å². The summed E-state index contributed by atoms with van der Waals surface area (Å²) in [5, 5.41) is 8.66. The molecule has 0 bridgehead atoms. The largest absolute Gasteiger partial charge is 0.300 e. The lowest BCUT2D eigenvalue weighted by molar-refractivity contribution is 0.239. The SMILES string of the molecule is C1NC2CNCN2N1. The van der Waals surface area contributed by atoms with E-state index in [4.69, 9.17) is 0 Å². The Morgan fingerprint density at radius 3 is 3.38 bits per heavy atom. The Kier molecular flexibility index (Phi) is 0.976. The molecule has 2 aliphatic heterocycles. The first-order valence-electron chi connectivity index (χ1n) is 2.91. The first-order valence-corrected chi connectivity index (χ1v) is 2.91. The zero-order valence-electron chi connectivity index (χ0n) is 4.65. The van der Waals surface area contributed by atoms with Crippen molar-refractivity contribution < 1.29 is 0 Å². The minimum atomic E-state index is 0.537. The van der Waals surface area contributed by atoms with Gasteiger partial charge in [-0.2, -0.15) is 0 Å². The lowest BCUT2D eigenvalue weighted by Crippen LogP contribution is -2.34. The maximum absolute atomic E-state index is 3.27. The van der Waals surface area contributed by atoms with Gasteiger partial charge < -0.3 is 5.32 Å². The van der Waals surface area contributed by atoms with Gasteiger partial charge in [-0.15, -0.1) is 0 Å². The van der Waals surface area contributed by atoms with Gasteiger partial charge in [0.15, 0.2) is 0 Å². The molecular formula is C4H10N4. The number of fused-ring (bicyclic) bond motifs is 1. The molecule has 0 aromatic rings. The van der Waals surface area contributed by atoms with Crippen LogP contribution in [0.25, 0.3) is 0 Å². The highest BCUT2D eigenvalue weighted by atomic mass is 15.7. The molecule has 0 aromatic carbocycles. The number of nitrogens with one attached hydrogen (secondary N) is 3. The van der Waals surface area contributed by atoms with Crippen LogP contribution in [-0.2, 0) is 0 Å². The molecule has 1 unspecified atom stereocenters. The van der Waals surface area contributed by atoms with E-state index in [1.54, 1.807) is 0 Å². The fourth-order valence-corrected chi connectivity index (χ4v) is 1.16. The maximum atomic E-state index is 3.27. The predicted molar refractivity (Wildman–Crippen MR) is 29.6 cm³/mol. The van der Waals surface area contributed by atoms with Crippen molar-refractivity contribution in [1.29, 1.82) is 0 Å². The summed E-state index contributed by atoms with van der Waals surface area (Å²) in [6, 6.07) is 0. The molecule has 0 radical (unpaired) electrons. The van der Waals surface area contributed by atoms with Crippen molar-refractivity contribution in [3.05, 3.63) is 0 Å². The molecule has 46 valence electrons. The average molecular weight is 114 g/mol. The second-order valence-corrected chi connectivity index (χ2v) is 2.14. The molecule has 2 saturated heterocycles. The quantitative estimate of drug-likeness (QED) is 0.349. The summed E-state index contributed by atoms with van der Waals surface area (Å²) in [5.41, 5.74) is 3.18. The van der Waals surface area contributed by atoms with Crippen LogP contribution in [-0.4, -0.2) is 31.1 Å². The topological polar surface area (TPSA) is 39.3 Å². The summed E-state index contributed by atoms with van der Waals surface area (Å²) in [5.74, 6) is 0. The van der Waals surface area contributed by atoms with Crippen molar-refractivity contribution in [2.45, 2.75) is 6.17 Å². The monoisotopic (exact) mass is 114 g/mol. The molecule has 4 nitrogen and oxygen atoms in total. The molecule has 1 atom stereocenters. The van der Waals surface area contributed by atoms with E-state index in [0.717, 1.165) is 19.9 Å². The summed E-state index contributed by atoms with van der Waals surface area (Å²) in [6.07, 6.45) is 0.537. The van der Waals surface area contributed by atoms with Gasteiger partial charge in [0.1, 0.15) is 0 Å². The van der Waals surface area contributed by atoms with Crippen LogP contribution in [0.5, 0.6) is 0 Å². The molecule has 2 aliphatic rings. The van der Waals surface area contributed by atoms with E-state index in [-0.39, 0.29) is 0 Å². The van der Waals surface area contributed by atoms with Crippen LogP contribution in [0.3, 0.4) is 0 Å². The Bertz CT molecular complexity index is 74.0. The summed E-state index contributed by atoms with van der Waals surface area (Å²) < 4.78 is 0. The molecule has 0 saturated carbocycles. The minimum Gasteiger partial charge on any atom is -0.300 e. The molecule has 0 amide bonds. The Balaban J connectivity index is 2.04. The third kappa shape index (κ3) is 0.545. The summed E-state index contributed by atoms with van der Waals surface area (Å²) in [4.78, 5) is 0. The fraction of sp³-hybridized carbons (Fsp3) is 1.00. The van der Waals surface area contributed by atoms with Crippen LogP contribution in [0.15, 0.2) is 0 Å². The fourth-order valence-electron chi connectivity index (χ4n) is 1.16. The van der Waals surface area contributed by atoms with Crippen molar-refractivity contribution in [1.82, 2.24) is 21.1 Å². The molecule has 2 heterocycles. The molecule has 2 rings (SSSR count). The van der Waals surface area contributed by atoms with Gasteiger partial charge in [0.2, 0.25) is 0 Å². The second-order valence-electron chi connectivity index (χ2n) is 2.14. The molecule has 0 spiro atoms. The van der Waals surface area contributed by atoms with Crippen LogP contribution in [0.4, 0.5) is 0 Å². The van der Waals surface area contributed by atoms with E-state index < -0.39 is 0 Å². The van der Waals surface area contributed by atoms with Gasteiger partial charge >= 0.3 is 0 Å². The van der Waals surface area contributed by atoms with Crippen LogP contribution >= 0.6 is 0 Å². The summed E-state index contributed by atoms with van der Waals surface area (Å²) in [7, 11) is 0. The van der Waals surface area contributed by atoms with Gasteiger partial charge in [-0.1, -0.05) is 0 Å². The second kappa shape index (κ2) is 1.66. The van der Waals surface area contributed by atoms with Gasteiger partial charge in [-0.25, -0.2) is 10.4 Å². The summed E-state index contributed by atoms with van der Waals surface area (Å²) in [6.45, 7) is 2.96. The molecule has 0 aromatic heterocycles. The Hall–Kier alpha value is -0.160. The van der Waals surface area contributed by atoms with Crippen LogP contribution < -0.4 is 16.1 Å². The van der Waals surface area contributed by atoms with E-state index in [1.165, 1.54) is 0 Å². The number of hydrogen-bond acceptors (Lipinski definition) is 4. The number of hydrogen-bond donors (Lipinski definition) is 3. The van der Waals surface area contributed by atoms with Crippen molar-refractivity contribution in [2.24, 2.45) is 0 Å².